The average molecular weight is 246 g/mol. The third-order valence-corrected chi connectivity index (χ3v) is 3.27. The van der Waals surface area contributed by atoms with Crippen molar-refractivity contribution in [2.45, 2.75) is 32.1 Å². The van der Waals surface area contributed by atoms with Gasteiger partial charge in [-0.2, -0.15) is 0 Å². The quantitative estimate of drug-likeness (QED) is 0.507. The van der Waals surface area contributed by atoms with E-state index in [2.05, 4.69) is 0 Å². The van der Waals surface area contributed by atoms with Gasteiger partial charge in [0.2, 0.25) is 0 Å². The first kappa shape index (κ1) is 12.8. The summed E-state index contributed by atoms with van der Waals surface area (Å²) in [7, 11) is 0. The van der Waals surface area contributed by atoms with Crippen LogP contribution in [0.5, 0.6) is 0 Å². The van der Waals surface area contributed by atoms with Gasteiger partial charge in [0.05, 0.1) is 5.57 Å². The molecular formula is C15H18O3. The molecule has 1 aromatic rings. The molecule has 0 saturated heterocycles. The summed E-state index contributed by atoms with van der Waals surface area (Å²) < 4.78 is 4.77. The fraction of sp³-hybridized carbons (Fsp3) is 0.400. The first-order valence-corrected chi connectivity index (χ1v) is 6.38. The Kier molecular flexibility index (Phi) is 4.53. The molecule has 1 N–H and O–H groups in total. The summed E-state index contributed by atoms with van der Waals surface area (Å²) in [4.78, 5) is 12.0. The molecule has 1 aliphatic rings. The molecular weight excluding hydrogens is 228 g/mol. The molecule has 2 rings (SSSR count). The monoisotopic (exact) mass is 246 g/mol. The minimum Gasteiger partial charge on any atom is -0.435 e. The molecule has 96 valence electrons. The Bertz CT molecular complexity index is 426. The van der Waals surface area contributed by atoms with Gasteiger partial charge in [-0.3, -0.25) is 0 Å². The number of allylic oxidation sites excluding steroid dienone is 1. The van der Waals surface area contributed by atoms with Gasteiger partial charge in [-0.15, -0.1) is 0 Å². The van der Waals surface area contributed by atoms with Gasteiger partial charge >= 0.3 is 5.97 Å². The summed E-state index contributed by atoms with van der Waals surface area (Å²) in [5, 5.41) is 8.77. The summed E-state index contributed by atoms with van der Waals surface area (Å²) in [6.45, 7) is -0.567. The first-order valence-electron chi connectivity index (χ1n) is 6.38. The van der Waals surface area contributed by atoms with Gasteiger partial charge in [0.25, 0.3) is 0 Å². The lowest BCUT2D eigenvalue weighted by atomic mass is 9.88. The predicted octanol–water partition coefficient (Wildman–Crippen LogP) is 2.90. The molecule has 1 aliphatic carbocycles. The van der Waals surface area contributed by atoms with Crippen molar-refractivity contribution in [1.29, 1.82) is 0 Å². The Morgan fingerprint density at radius 2 is 1.78 bits per heavy atom. The zero-order valence-electron chi connectivity index (χ0n) is 10.4. The summed E-state index contributed by atoms with van der Waals surface area (Å²) >= 11 is 0. The van der Waals surface area contributed by atoms with Crippen LogP contribution in [0.25, 0.3) is 5.57 Å². The van der Waals surface area contributed by atoms with Gasteiger partial charge in [-0.1, -0.05) is 42.3 Å². The predicted molar refractivity (Wildman–Crippen MR) is 69.6 cm³/mol. The van der Waals surface area contributed by atoms with Gasteiger partial charge in [-0.25, -0.2) is 4.79 Å². The van der Waals surface area contributed by atoms with Crippen molar-refractivity contribution in [3.8, 4) is 0 Å². The van der Waals surface area contributed by atoms with Crippen LogP contribution in [0.1, 0.15) is 37.7 Å². The summed E-state index contributed by atoms with van der Waals surface area (Å²) in [6.07, 6.45) is 5.37. The lowest BCUT2D eigenvalue weighted by molar-refractivity contribution is -0.144. The van der Waals surface area contributed by atoms with Crippen LogP contribution in [-0.4, -0.2) is 17.9 Å². The van der Waals surface area contributed by atoms with Crippen molar-refractivity contribution in [3.05, 3.63) is 41.5 Å². The second kappa shape index (κ2) is 6.36. The highest BCUT2D eigenvalue weighted by Gasteiger charge is 2.20. The van der Waals surface area contributed by atoms with Gasteiger partial charge in [0.15, 0.2) is 6.79 Å². The van der Waals surface area contributed by atoms with Crippen molar-refractivity contribution in [3.63, 3.8) is 0 Å². The van der Waals surface area contributed by atoms with E-state index in [1.54, 1.807) is 0 Å². The van der Waals surface area contributed by atoms with Crippen molar-refractivity contribution < 1.29 is 14.6 Å². The molecule has 0 radical (unpaired) electrons. The van der Waals surface area contributed by atoms with E-state index in [0.29, 0.717) is 5.57 Å². The van der Waals surface area contributed by atoms with Gasteiger partial charge in [-0.05, 0) is 31.2 Å². The maximum absolute atomic E-state index is 12.0. The zero-order chi connectivity index (χ0) is 12.8. The van der Waals surface area contributed by atoms with E-state index in [-0.39, 0.29) is 0 Å². The van der Waals surface area contributed by atoms with Crippen molar-refractivity contribution in [1.82, 2.24) is 0 Å². The molecule has 3 heteroatoms. The number of ether oxygens (including phenoxy) is 1. The third-order valence-electron chi connectivity index (χ3n) is 3.27. The number of aliphatic hydroxyl groups excluding tert-OH is 1. The molecule has 0 spiro atoms. The lowest BCUT2D eigenvalue weighted by Gasteiger charge is -2.18. The fourth-order valence-electron chi connectivity index (χ4n) is 2.43. The van der Waals surface area contributed by atoms with E-state index in [1.165, 1.54) is 6.42 Å². The normalized spacial score (nSPS) is 15.3. The summed E-state index contributed by atoms with van der Waals surface area (Å²) in [5.74, 6) is -0.416. The van der Waals surface area contributed by atoms with E-state index in [9.17, 15) is 4.79 Å². The topological polar surface area (TPSA) is 46.5 Å². The molecule has 1 fully saturated rings. The molecule has 0 amide bonds. The van der Waals surface area contributed by atoms with Crippen LogP contribution in [0.15, 0.2) is 35.9 Å². The van der Waals surface area contributed by atoms with E-state index >= 15 is 0 Å². The lowest BCUT2D eigenvalue weighted by Crippen LogP contribution is -2.11. The number of esters is 1. The molecule has 0 bridgehead atoms. The highest BCUT2D eigenvalue weighted by atomic mass is 16.6. The number of rotatable bonds is 3. The minimum absolute atomic E-state index is 0.416. The minimum atomic E-state index is -0.567. The van der Waals surface area contributed by atoms with Gasteiger partial charge in [0.1, 0.15) is 0 Å². The molecule has 1 aromatic carbocycles. The van der Waals surface area contributed by atoms with Crippen LogP contribution in [0.2, 0.25) is 0 Å². The Morgan fingerprint density at radius 3 is 2.39 bits per heavy atom. The Hall–Kier alpha value is -1.61. The Balaban J connectivity index is 2.37. The van der Waals surface area contributed by atoms with Crippen LogP contribution in [-0.2, 0) is 9.53 Å². The van der Waals surface area contributed by atoms with E-state index < -0.39 is 12.8 Å². The number of aliphatic hydroxyl groups is 1. The van der Waals surface area contributed by atoms with Crippen LogP contribution >= 0.6 is 0 Å². The zero-order valence-corrected chi connectivity index (χ0v) is 10.4. The molecule has 0 aliphatic heterocycles. The second-order valence-electron chi connectivity index (χ2n) is 4.47. The molecule has 0 unspecified atom stereocenters. The highest BCUT2D eigenvalue weighted by molar-refractivity contribution is 6.17. The van der Waals surface area contributed by atoms with Crippen molar-refractivity contribution in [2.75, 3.05) is 6.79 Å². The number of carbonyl (C=O) groups excluding carboxylic acids is 1. The van der Waals surface area contributed by atoms with Crippen LogP contribution in [0.3, 0.4) is 0 Å². The van der Waals surface area contributed by atoms with Crippen LogP contribution in [0.4, 0.5) is 0 Å². The van der Waals surface area contributed by atoms with E-state index in [4.69, 9.17) is 9.84 Å². The number of benzene rings is 1. The second-order valence-corrected chi connectivity index (χ2v) is 4.47. The Morgan fingerprint density at radius 1 is 1.11 bits per heavy atom. The average Bonchev–Trinajstić information content (AvgIpc) is 2.42. The Labute approximate surface area is 107 Å². The molecule has 3 nitrogen and oxygen atoms in total. The highest BCUT2D eigenvalue weighted by Crippen LogP contribution is 2.31. The maximum atomic E-state index is 12.0. The molecule has 0 atom stereocenters. The summed E-state index contributed by atoms with van der Waals surface area (Å²) in [6, 6.07) is 9.56. The van der Waals surface area contributed by atoms with Crippen molar-refractivity contribution in [2.24, 2.45) is 0 Å². The maximum Gasteiger partial charge on any atom is 0.340 e. The van der Waals surface area contributed by atoms with E-state index in [0.717, 1.165) is 36.8 Å². The third kappa shape index (κ3) is 2.99. The van der Waals surface area contributed by atoms with Gasteiger partial charge < -0.3 is 9.84 Å². The molecule has 1 saturated carbocycles. The van der Waals surface area contributed by atoms with Crippen molar-refractivity contribution >= 4 is 11.5 Å². The smallest absolute Gasteiger partial charge is 0.340 e. The molecule has 0 aromatic heterocycles. The largest absolute Gasteiger partial charge is 0.435 e. The number of hydrogen-bond donors (Lipinski definition) is 1. The fourth-order valence-corrected chi connectivity index (χ4v) is 2.43. The number of hydrogen-bond acceptors (Lipinski definition) is 3. The SMILES string of the molecule is O=C(OCO)C(=C1CCCCC1)c1ccccc1. The molecule has 18 heavy (non-hydrogen) atoms. The first-order chi connectivity index (χ1) is 8.83. The summed E-state index contributed by atoms with van der Waals surface area (Å²) in [5.41, 5.74) is 2.68. The van der Waals surface area contributed by atoms with Crippen LogP contribution < -0.4 is 0 Å². The van der Waals surface area contributed by atoms with E-state index in [1.807, 2.05) is 30.3 Å². The van der Waals surface area contributed by atoms with Crippen LogP contribution in [0, 0.1) is 0 Å². The van der Waals surface area contributed by atoms with Gasteiger partial charge in [0, 0.05) is 0 Å². The number of carbonyl (C=O) groups is 1. The molecule has 0 heterocycles. The standard InChI is InChI=1S/C15H18O3/c16-11-18-15(17)14(12-7-3-1-4-8-12)13-9-5-2-6-10-13/h1,3-4,7-8,16H,2,5-6,9-11H2.